The minimum Gasteiger partial charge on any atom is -0.319 e. The Bertz CT molecular complexity index is 589. The summed E-state index contributed by atoms with van der Waals surface area (Å²) >= 11 is 0. The second-order valence-corrected chi connectivity index (χ2v) is 4.02. The molecule has 19 heavy (non-hydrogen) atoms. The van der Waals surface area contributed by atoms with Crippen molar-refractivity contribution in [3.8, 4) is 0 Å². The van der Waals surface area contributed by atoms with E-state index in [0.29, 0.717) is 5.52 Å². The molecule has 0 saturated heterocycles. The third-order valence-electron chi connectivity index (χ3n) is 2.79. The molecule has 2 aromatic rings. The molecule has 0 unspecified atom stereocenters. The van der Waals surface area contributed by atoms with Gasteiger partial charge in [-0.3, -0.25) is 4.98 Å². The van der Waals surface area contributed by atoms with Gasteiger partial charge in [0.1, 0.15) is 6.04 Å². The van der Waals surface area contributed by atoms with Crippen molar-refractivity contribution in [1.29, 1.82) is 0 Å². The summed E-state index contributed by atoms with van der Waals surface area (Å²) < 4.78 is 63.5. The van der Waals surface area contributed by atoms with Crippen LogP contribution in [0.4, 0.5) is 22.0 Å². The first-order chi connectivity index (χ1) is 8.75. The highest BCUT2D eigenvalue weighted by molar-refractivity contribution is 5.82. The molecule has 1 heterocycles. The summed E-state index contributed by atoms with van der Waals surface area (Å²) in [6.07, 6.45) is -4.54. The summed E-state index contributed by atoms with van der Waals surface area (Å²) in [5, 5.41) is 0.182. The maximum absolute atomic E-state index is 13.3. The van der Waals surface area contributed by atoms with E-state index in [-0.39, 0.29) is 10.9 Å². The monoisotopic (exact) mass is 276 g/mol. The highest BCUT2D eigenvalue weighted by Gasteiger charge is 2.61. The van der Waals surface area contributed by atoms with Crippen LogP contribution in [0.2, 0.25) is 0 Å². The first-order valence-electron chi connectivity index (χ1n) is 5.29. The molecule has 0 radical (unpaired) electrons. The lowest BCUT2D eigenvalue weighted by Crippen LogP contribution is -2.45. The number of para-hydroxylation sites is 1. The smallest absolute Gasteiger partial charge is 0.319 e. The van der Waals surface area contributed by atoms with Crippen molar-refractivity contribution in [2.75, 3.05) is 0 Å². The van der Waals surface area contributed by atoms with Crippen LogP contribution in [0, 0.1) is 0 Å². The number of fused-ring (bicyclic) bond motifs is 1. The molecular formula is C12H9F5N2. The Kier molecular flexibility index (Phi) is 3.17. The summed E-state index contributed by atoms with van der Waals surface area (Å²) in [6, 6.07) is 4.65. The lowest BCUT2D eigenvalue weighted by Gasteiger charge is -2.26. The lowest BCUT2D eigenvalue weighted by molar-refractivity contribution is -0.290. The number of hydrogen-bond acceptors (Lipinski definition) is 2. The highest BCUT2D eigenvalue weighted by atomic mass is 19.4. The Morgan fingerprint density at radius 3 is 2.26 bits per heavy atom. The van der Waals surface area contributed by atoms with E-state index in [2.05, 4.69) is 4.98 Å². The molecule has 1 aromatic carbocycles. The Labute approximate surface area is 105 Å². The maximum atomic E-state index is 13.3. The Hall–Kier alpha value is -1.76. The van der Waals surface area contributed by atoms with Gasteiger partial charge in [0.05, 0.1) is 5.52 Å². The SMILES string of the molecule is N[C@H](c1ccnc2ccccc12)C(F)(F)C(F)(F)F. The first kappa shape index (κ1) is 13.7. The second kappa shape index (κ2) is 4.41. The molecule has 0 aliphatic heterocycles. The summed E-state index contributed by atoms with van der Waals surface area (Å²) in [5.41, 5.74) is 5.16. The van der Waals surface area contributed by atoms with E-state index in [4.69, 9.17) is 5.73 Å². The fourth-order valence-electron chi connectivity index (χ4n) is 1.76. The standard InChI is InChI=1S/C12H9F5N2/c13-11(14,12(15,16)17)10(18)8-5-6-19-9-4-2-1-3-7(8)9/h1-6,10H,18H2/t10-/m1/s1. The molecule has 0 saturated carbocycles. The van der Waals surface area contributed by atoms with E-state index in [0.717, 1.165) is 12.3 Å². The maximum Gasteiger partial charge on any atom is 0.455 e. The molecule has 0 spiro atoms. The number of halogens is 5. The predicted molar refractivity (Wildman–Crippen MR) is 59.7 cm³/mol. The number of benzene rings is 1. The van der Waals surface area contributed by atoms with Crippen LogP contribution in [0.15, 0.2) is 36.5 Å². The predicted octanol–water partition coefficient (Wildman–Crippen LogP) is 3.43. The Balaban J connectivity index is 2.56. The fraction of sp³-hybridized carbons (Fsp3) is 0.250. The number of hydrogen-bond donors (Lipinski definition) is 1. The number of rotatable bonds is 2. The van der Waals surface area contributed by atoms with Gasteiger partial charge in [-0.2, -0.15) is 22.0 Å². The van der Waals surface area contributed by atoms with Crippen molar-refractivity contribution in [3.63, 3.8) is 0 Å². The van der Waals surface area contributed by atoms with E-state index in [1.165, 1.54) is 18.2 Å². The second-order valence-electron chi connectivity index (χ2n) is 4.02. The van der Waals surface area contributed by atoms with Gasteiger partial charge in [-0.25, -0.2) is 0 Å². The van der Waals surface area contributed by atoms with Gasteiger partial charge in [-0.15, -0.1) is 0 Å². The first-order valence-corrected chi connectivity index (χ1v) is 5.29. The van der Waals surface area contributed by atoms with Crippen molar-refractivity contribution < 1.29 is 22.0 Å². The summed E-state index contributed by atoms with van der Waals surface area (Å²) in [5.74, 6) is -5.00. The van der Waals surface area contributed by atoms with Crippen LogP contribution in [0.1, 0.15) is 11.6 Å². The van der Waals surface area contributed by atoms with Gasteiger partial charge in [-0.1, -0.05) is 18.2 Å². The molecule has 7 heteroatoms. The number of alkyl halides is 5. The van der Waals surface area contributed by atoms with Crippen molar-refractivity contribution in [1.82, 2.24) is 4.98 Å². The molecule has 102 valence electrons. The summed E-state index contributed by atoms with van der Waals surface area (Å²) in [7, 11) is 0. The minimum absolute atomic E-state index is 0.182. The van der Waals surface area contributed by atoms with E-state index in [1.54, 1.807) is 6.07 Å². The van der Waals surface area contributed by atoms with Crippen molar-refractivity contribution in [2.45, 2.75) is 18.1 Å². The van der Waals surface area contributed by atoms with Crippen LogP contribution in [0.3, 0.4) is 0 Å². The number of aromatic nitrogens is 1. The molecule has 0 aliphatic carbocycles. The van der Waals surface area contributed by atoms with Gasteiger partial charge >= 0.3 is 12.1 Å². The zero-order valence-corrected chi connectivity index (χ0v) is 9.46. The average Bonchev–Trinajstić information content (AvgIpc) is 2.36. The lowest BCUT2D eigenvalue weighted by atomic mass is 9.97. The molecule has 0 aliphatic rings. The van der Waals surface area contributed by atoms with Gasteiger partial charge in [-0.05, 0) is 17.7 Å². The van der Waals surface area contributed by atoms with E-state index in [9.17, 15) is 22.0 Å². The fourth-order valence-corrected chi connectivity index (χ4v) is 1.76. The quantitative estimate of drug-likeness (QED) is 0.853. The molecule has 2 N–H and O–H groups in total. The molecular weight excluding hydrogens is 267 g/mol. The molecule has 0 fully saturated rings. The Morgan fingerprint density at radius 2 is 1.63 bits per heavy atom. The largest absolute Gasteiger partial charge is 0.455 e. The third kappa shape index (κ3) is 2.25. The topological polar surface area (TPSA) is 38.9 Å². The van der Waals surface area contributed by atoms with Gasteiger partial charge in [0, 0.05) is 11.6 Å². The molecule has 2 rings (SSSR count). The highest BCUT2D eigenvalue weighted by Crippen LogP contribution is 2.44. The van der Waals surface area contributed by atoms with Crippen LogP contribution in [0.25, 0.3) is 10.9 Å². The average molecular weight is 276 g/mol. The van der Waals surface area contributed by atoms with Gasteiger partial charge in [0.2, 0.25) is 0 Å². The van der Waals surface area contributed by atoms with Gasteiger partial charge in [0.15, 0.2) is 0 Å². The van der Waals surface area contributed by atoms with E-state index < -0.39 is 18.1 Å². The van der Waals surface area contributed by atoms with Crippen LogP contribution >= 0.6 is 0 Å². The van der Waals surface area contributed by atoms with Crippen molar-refractivity contribution in [3.05, 3.63) is 42.1 Å². The zero-order chi connectivity index (χ0) is 14.3. The minimum atomic E-state index is -5.70. The van der Waals surface area contributed by atoms with Crippen molar-refractivity contribution in [2.24, 2.45) is 5.73 Å². The number of nitrogens with two attached hydrogens (primary N) is 1. The number of pyridine rings is 1. The molecule has 1 atom stereocenters. The van der Waals surface area contributed by atoms with Crippen LogP contribution in [0.5, 0.6) is 0 Å². The zero-order valence-electron chi connectivity index (χ0n) is 9.46. The normalized spacial score (nSPS) is 14.6. The summed E-state index contributed by atoms with van der Waals surface area (Å²) in [6.45, 7) is 0. The molecule has 0 amide bonds. The van der Waals surface area contributed by atoms with E-state index >= 15 is 0 Å². The van der Waals surface area contributed by atoms with Crippen LogP contribution < -0.4 is 5.73 Å². The molecule has 0 bridgehead atoms. The third-order valence-corrected chi connectivity index (χ3v) is 2.79. The van der Waals surface area contributed by atoms with Gasteiger partial charge < -0.3 is 5.73 Å². The Morgan fingerprint density at radius 1 is 1.00 bits per heavy atom. The van der Waals surface area contributed by atoms with Crippen LogP contribution in [-0.4, -0.2) is 17.1 Å². The molecule has 1 aromatic heterocycles. The number of nitrogens with zero attached hydrogens (tertiary/aromatic N) is 1. The van der Waals surface area contributed by atoms with E-state index in [1.807, 2.05) is 0 Å². The molecule has 2 nitrogen and oxygen atoms in total. The summed E-state index contributed by atoms with van der Waals surface area (Å²) in [4.78, 5) is 3.89. The van der Waals surface area contributed by atoms with Crippen LogP contribution in [-0.2, 0) is 0 Å². The van der Waals surface area contributed by atoms with Crippen molar-refractivity contribution >= 4 is 10.9 Å². The van der Waals surface area contributed by atoms with Gasteiger partial charge in [0.25, 0.3) is 0 Å².